The lowest BCUT2D eigenvalue weighted by molar-refractivity contribution is -0.137. The van der Waals surface area contributed by atoms with Crippen molar-refractivity contribution >= 4 is 11.9 Å². The van der Waals surface area contributed by atoms with Crippen molar-refractivity contribution in [3.05, 3.63) is 18.0 Å². The minimum absolute atomic E-state index is 0.0377. The molecule has 1 rings (SSSR count). The third-order valence-electron chi connectivity index (χ3n) is 2.47. The second-order valence-corrected chi connectivity index (χ2v) is 4.23. The standard InChI is InChI=1S/C12H19N3O3/c1-10-8-14-15(9-10)7-6-13-11(16)4-2-3-5-12(17)18/h8-9H,2-7H2,1H3,(H,13,16)(H,17,18). The van der Waals surface area contributed by atoms with Crippen LogP contribution in [0.2, 0.25) is 0 Å². The van der Waals surface area contributed by atoms with Gasteiger partial charge in [0, 0.05) is 25.6 Å². The molecule has 18 heavy (non-hydrogen) atoms. The number of amides is 1. The summed E-state index contributed by atoms with van der Waals surface area (Å²) in [6, 6.07) is 0. The first kappa shape index (κ1) is 14.2. The molecular weight excluding hydrogens is 234 g/mol. The van der Waals surface area contributed by atoms with Gasteiger partial charge in [-0.1, -0.05) is 0 Å². The van der Waals surface area contributed by atoms with Crippen LogP contribution in [0.1, 0.15) is 31.2 Å². The molecule has 1 aromatic rings. The molecule has 0 atom stereocenters. The predicted molar refractivity (Wildman–Crippen MR) is 66.1 cm³/mol. The number of aliphatic carboxylic acids is 1. The Bertz CT molecular complexity index is 401. The van der Waals surface area contributed by atoms with E-state index in [9.17, 15) is 9.59 Å². The quantitative estimate of drug-likeness (QED) is 0.676. The average Bonchev–Trinajstić information content (AvgIpc) is 2.70. The zero-order valence-corrected chi connectivity index (χ0v) is 10.6. The molecule has 6 heteroatoms. The molecule has 0 saturated carbocycles. The predicted octanol–water partition coefficient (Wildman–Crippen LogP) is 0.953. The largest absolute Gasteiger partial charge is 0.481 e. The molecule has 1 heterocycles. The van der Waals surface area contributed by atoms with Crippen LogP contribution in [0.5, 0.6) is 0 Å². The minimum atomic E-state index is -0.815. The van der Waals surface area contributed by atoms with E-state index in [4.69, 9.17) is 5.11 Å². The number of aryl methyl sites for hydroxylation is 1. The van der Waals surface area contributed by atoms with Crippen molar-refractivity contribution in [1.29, 1.82) is 0 Å². The van der Waals surface area contributed by atoms with Crippen molar-refractivity contribution in [1.82, 2.24) is 15.1 Å². The number of carbonyl (C=O) groups is 2. The summed E-state index contributed by atoms with van der Waals surface area (Å²) < 4.78 is 1.78. The lowest BCUT2D eigenvalue weighted by Crippen LogP contribution is -2.27. The molecule has 0 aliphatic rings. The van der Waals surface area contributed by atoms with E-state index in [-0.39, 0.29) is 12.3 Å². The molecule has 0 fully saturated rings. The Kier molecular flexibility index (Phi) is 5.90. The normalized spacial score (nSPS) is 10.3. The van der Waals surface area contributed by atoms with Gasteiger partial charge in [-0.3, -0.25) is 14.3 Å². The maximum Gasteiger partial charge on any atom is 0.303 e. The highest BCUT2D eigenvalue weighted by Crippen LogP contribution is 1.99. The van der Waals surface area contributed by atoms with Gasteiger partial charge in [-0.05, 0) is 25.3 Å². The summed E-state index contributed by atoms with van der Waals surface area (Å²) in [6.45, 7) is 3.15. The third kappa shape index (κ3) is 6.03. The van der Waals surface area contributed by atoms with Gasteiger partial charge in [0.2, 0.25) is 5.91 Å². The highest BCUT2D eigenvalue weighted by molar-refractivity contribution is 5.75. The zero-order valence-electron chi connectivity index (χ0n) is 10.6. The fourth-order valence-corrected chi connectivity index (χ4v) is 1.55. The van der Waals surface area contributed by atoms with Crippen LogP contribution in [0.3, 0.4) is 0 Å². The molecule has 0 saturated heterocycles. The number of nitrogens with one attached hydrogen (secondary N) is 1. The molecule has 2 N–H and O–H groups in total. The Morgan fingerprint density at radius 2 is 2.11 bits per heavy atom. The number of aromatic nitrogens is 2. The van der Waals surface area contributed by atoms with Crippen LogP contribution in [-0.2, 0) is 16.1 Å². The van der Waals surface area contributed by atoms with Gasteiger partial charge in [-0.2, -0.15) is 5.10 Å². The van der Waals surface area contributed by atoms with Gasteiger partial charge in [0.05, 0.1) is 12.7 Å². The molecule has 1 aromatic heterocycles. The van der Waals surface area contributed by atoms with Gasteiger partial charge in [-0.25, -0.2) is 0 Å². The molecule has 0 aliphatic heterocycles. The van der Waals surface area contributed by atoms with Crippen LogP contribution in [0.15, 0.2) is 12.4 Å². The second kappa shape index (κ2) is 7.47. The Labute approximate surface area is 106 Å². The summed E-state index contributed by atoms with van der Waals surface area (Å²) in [6.07, 6.45) is 5.35. The van der Waals surface area contributed by atoms with E-state index in [1.54, 1.807) is 10.9 Å². The van der Waals surface area contributed by atoms with Crippen molar-refractivity contribution < 1.29 is 14.7 Å². The molecule has 6 nitrogen and oxygen atoms in total. The van der Waals surface area contributed by atoms with Crippen LogP contribution >= 0.6 is 0 Å². The number of carboxylic acids is 1. The van der Waals surface area contributed by atoms with Crippen LogP contribution in [0.4, 0.5) is 0 Å². The van der Waals surface area contributed by atoms with Crippen LogP contribution in [0.25, 0.3) is 0 Å². The second-order valence-electron chi connectivity index (χ2n) is 4.23. The van der Waals surface area contributed by atoms with E-state index in [0.717, 1.165) is 5.56 Å². The summed E-state index contributed by atoms with van der Waals surface area (Å²) in [5.41, 5.74) is 1.09. The van der Waals surface area contributed by atoms with E-state index in [2.05, 4.69) is 10.4 Å². The molecule has 0 aromatic carbocycles. The van der Waals surface area contributed by atoms with Crippen molar-refractivity contribution in [3.8, 4) is 0 Å². The molecule has 100 valence electrons. The lowest BCUT2D eigenvalue weighted by atomic mass is 10.2. The topological polar surface area (TPSA) is 84.2 Å². The molecule has 0 spiro atoms. The first-order chi connectivity index (χ1) is 8.58. The summed E-state index contributed by atoms with van der Waals surface area (Å²) in [7, 11) is 0. The first-order valence-corrected chi connectivity index (χ1v) is 6.05. The van der Waals surface area contributed by atoms with Crippen molar-refractivity contribution in [2.24, 2.45) is 0 Å². The van der Waals surface area contributed by atoms with Gasteiger partial charge in [0.1, 0.15) is 0 Å². The Balaban J connectivity index is 2.05. The number of carbonyl (C=O) groups excluding carboxylic acids is 1. The maximum absolute atomic E-state index is 11.4. The van der Waals surface area contributed by atoms with Crippen molar-refractivity contribution in [2.45, 2.75) is 39.2 Å². The lowest BCUT2D eigenvalue weighted by Gasteiger charge is -2.05. The summed E-state index contributed by atoms with van der Waals surface area (Å²) >= 11 is 0. The van der Waals surface area contributed by atoms with Crippen LogP contribution in [-0.4, -0.2) is 33.3 Å². The number of hydrogen-bond donors (Lipinski definition) is 2. The Hall–Kier alpha value is -1.85. The van der Waals surface area contributed by atoms with Crippen molar-refractivity contribution in [3.63, 3.8) is 0 Å². The monoisotopic (exact) mass is 253 g/mol. The molecule has 0 aliphatic carbocycles. The zero-order chi connectivity index (χ0) is 13.4. The molecule has 0 bridgehead atoms. The van der Waals surface area contributed by atoms with Gasteiger partial charge in [0.25, 0.3) is 0 Å². The van der Waals surface area contributed by atoms with Crippen LogP contribution < -0.4 is 5.32 Å². The number of rotatable bonds is 8. The van der Waals surface area contributed by atoms with E-state index >= 15 is 0 Å². The smallest absolute Gasteiger partial charge is 0.303 e. The fourth-order valence-electron chi connectivity index (χ4n) is 1.55. The van der Waals surface area contributed by atoms with Gasteiger partial charge in [0.15, 0.2) is 0 Å². The summed E-state index contributed by atoms with van der Waals surface area (Å²) in [5, 5.41) is 15.3. The summed E-state index contributed by atoms with van der Waals surface area (Å²) in [4.78, 5) is 21.7. The summed E-state index contributed by atoms with van der Waals surface area (Å²) in [5.74, 6) is -0.853. The molecular formula is C12H19N3O3. The maximum atomic E-state index is 11.4. The number of nitrogens with zero attached hydrogens (tertiary/aromatic N) is 2. The van der Waals surface area contributed by atoms with E-state index in [1.807, 2.05) is 13.1 Å². The Morgan fingerprint density at radius 1 is 1.39 bits per heavy atom. The molecule has 0 radical (unpaired) electrons. The molecule has 1 amide bonds. The van der Waals surface area contributed by atoms with Gasteiger partial charge < -0.3 is 10.4 Å². The van der Waals surface area contributed by atoms with E-state index in [1.165, 1.54) is 0 Å². The Morgan fingerprint density at radius 3 is 2.72 bits per heavy atom. The number of carboxylic acid groups (broad SMARTS) is 1. The number of unbranched alkanes of at least 4 members (excludes halogenated alkanes) is 1. The van der Waals surface area contributed by atoms with E-state index < -0.39 is 5.97 Å². The average molecular weight is 253 g/mol. The molecule has 0 unspecified atom stereocenters. The number of hydrogen-bond acceptors (Lipinski definition) is 3. The highest BCUT2D eigenvalue weighted by atomic mass is 16.4. The first-order valence-electron chi connectivity index (χ1n) is 6.05. The SMILES string of the molecule is Cc1cnn(CCNC(=O)CCCCC(=O)O)c1. The third-order valence-corrected chi connectivity index (χ3v) is 2.47. The van der Waals surface area contributed by atoms with Gasteiger partial charge in [-0.15, -0.1) is 0 Å². The van der Waals surface area contributed by atoms with Crippen LogP contribution in [0, 0.1) is 6.92 Å². The highest BCUT2D eigenvalue weighted by Gasteiger charge is 2.02. The van der Waals surface area contributed by atoms with Gasteiger partial charge >= 0.3 is 5.97 Å². The van der Waals surface area contributed by atoms with Crippen molar-refractivity contribution in [2.75, 3.05) is 6.54 Å². The minimum Gasteiger partial charge on any atom is -0.481 e. The fraction of sp³-hybridized carbons (Fsp3) is 0.583. The van der Waals surface area contributed by atoms with E-state index in [0.29, 0.717) is 32.4 Å².